The van der Waals surface area contributed by atoms with E-state index in [9.17, 15) is 13.2 Å². The van der Waals surface area contributed by atoms with Crippen LogP contribution in [0.2, 0.25) is 0 Å². The van der Waals surface area contributed by atoms with Gasteiger partial charge in [0.2, 0.25) is 0 Å². The zero-order chi connectivity index (χ0) is 15.8. The average molecular weight is 315 g/mol. The number of aromatic nitrogens is 1. The Morgan fingerprint density at radius 1 is 1.24 bits per heavy atom. The Morgan fingerprint density at radius 3 is 2.24 bits per heavy atom. The molecule has 1 aromatic heterocycles. The number of amides is 1. The third-order valence-corrected chi connectivity index (χ3v) is 5.50. The van der Waals surface area contributed by atoms with Gasteiger partial charge in [-0.25, -0.2) is 0 Å². The third-order valence-electron chi connectivity index (χ3n) is 3.56. The Balaban J connectivity index is 2.05. The molecule has 0 spiro atoms. The smallest absolute Gasteiger partial charge is 0.281 e. The summed E-state index contributed by atoms with van der Waals surface area (Å²) in [7, 11) is 1.35. The van der Waals surface area contributed by atoms with E-state index in [0.717, 1.165) is 0 Å². The lowest BCUT2D eigenvalue weighted by atomic mass is 10.3. The van der Waals surface area contributed by atoms with Crippen molar-refractivity contribution < 1.29 is 13.2 Å². The molecule has 8 nitrogen and oxygen atoms in total. The summed E-state index contributed by atoms with van der Waals surface area (Å²) >= 11 is 0. The van der Waals surface area contributed by atoms with Crippen molar-refractivity contribution in [3.05, 3.63) is 18.0 Å². The maximum Gasteiger partial charge on any atom is 0.281 e. The van der Waals surface area contributed by atoms with Crippen molar-refractivity contribution in [3.8, 4) is 0 Å². The first-order valence-electron chi connectivity index (χ1n) is 6.62. The van der Waals surface area contributed by atoms with Crippen LogP contribution < -0.4 is 5.73 Å². The summed E-state index contributed by atoms with van der Waals surface area (Å²) in [6.45, 7) is 1.34. The number of carbonyl (C=O) groups excluding carboxylic acids is 1. The molecule has 1 aromatic rings. The number of carbonyl (C=O) groups is 1. The number of nitrogens with zero attached hydrogens (tertiary/aromatic N) is 4. The monoisotopic (exact) mass is 315 g/mol. The van der Waals surface area contributed by atoms with Gasteiger partial charge < -0.3 is 15.2 Å². The number of rotatable bonds is 3. The molecule has 2 heterocycles. The largest absolute Gasteiger partial charge is 0.397 e. The van der Waals surface area contributed by atoms with Crippen LogP contribution in [-0.2, 0) is 17.3 Å². The quantitative estimate of drug-likeness (QED) is 0.788. The van der Waals surface area contributed by atoms with Gasteiger partial charge in [0.15, 0.2) is 0 Å². The first-order valence-corrected chi connectivity index (χ1v) is 8.02. The molecule has 118 valence electrons. The Kier molecular flexibility index (Phi) is 4.26. The molecule has 0 radical (unpaired) electrons. The summed E-state index contributed by atoms with van der Waals surface area (Å²) in [5, 5.41) is 0. The van der Waals surface area contributed by atoms with Gasteiger partial charge in [-0.15, -0.1) is 0 Å². The summed E-state index contributed by atoms with van der Waals surface area (Å²) in [5.74, 6) is -0.129. The number of hydrogen-bond donors (Lipinski definition) is 1. The molecular weight excluding hydrogens is 294 g/mol. The summed E-state index contributed by atoms with van der Waals surface area (Å²) in [4.78, 5) is 14.0. The van der Waals surface area contributed by atoms with Gasteiger partial charge in [-0.1, -0.05) is 0 Å². The Labute approximate surface area is 124 Å². The molecule has 9 heteroatoms. The Hall–Kier alpha value is -1.58. The molecule has 0 saturated carbocycles. The number of anilines is 1. The number of piperazine rings is 1. The van der Waals surface area contributed by atoms with Crippen LogP contribution in [-0.4, -0.2) is 72.7 Å². The zero-order valence-corrected chi connectivity index (χ0v) is 13.3. The highest BCUT2D eigenvalue weighted by molar-refractivity contribution is 7.86. The molecule has 1 saturated heterocycles. The van der Waals surface area contributed by atoms with Crippen LogP contribution in [0.3, 0.4) is 0 Å². The van der Waals surface area contributed by atoms with Crippen molar-refractivity contribution in [1.82, 2.24) is 18.1 Å². The highest BCUT2D eigenvalue weighted by atomic mass is 32.2. The number of nitrogens with two attached hydrogens (primary N) is 1. The molecule has 2 N–H and O–H groups in total. The summed E-state index contributed by atoms with van der Waals surface area (Å²) < 4.78 is 28.3. The fourth-order valence-corrected chi connectivity index (χ4v) is 3.40. The van der Waals surface area contributed by atoms with Crippen molar-refractivity contribution in [3.63, 3.8) is 0 Å². The SMILES string of the molecule is CN(C)S(=O)(=O)N1CCN(C(=O)c2cc(N)cn2C)CC1. The minimum atomic E-state index is -3.41. The van der Waals surface area contributed by atoms with Crippen molar-refractivity contribution in [2.24, 2.45) is 7.05 Å². The topological polar surface area (TPSA) is 91.9 Å². The lowest BCUT2D eigenvalue weighted by Crippen LogP contribution is -2.53. The van der Waals surface area contributed by atoms with Crippen LogP contribution in [0.5, 0.6) is 0 Å². The third kappa shape index (κ3) is 3.04. The first kappa shape index (κ1) is 15.8. The van der Waals surface area contributed by atoms with E-state index >= 15 is 0 Å². The number of aryl methyl sites for hydroxylation is 1. The molecule has 0 aliphatic carbocycles. The normalized spacial score (nSPS) is 17.4. The van der Waals surface area contributed by atoms with E-state index in [4.69, 9.17) is 5.73 Å². The van der Waals surface area contributed by atoms with E-state index in [1.807, 2.05) is 0 Å². The molecule has 0 aromatic carbocycles. The van der Waals surface area contributed by atoms with Gasteiger partial charge in [-0.2, -0.15) is 17.0 Å². The lowest BCUT2D eigenvalue weighted by Gasteiger charge is -2.35. The van der Waals surface area contributed by atoms with Crippen LogP contribution in [0.15, 0.2) is 12.3 Å². The average Bonchev–Trinajstić information content (AvgIpc) is 2.77. The lowest BCUT2D eigenvalue weighted by molar-refractivity contribution is 0.0685. The molecule has 0 atom stereocenters. The van der Waals surface area contributed by atoms with E-state index in [1.54, 1.807) is 28.8 Å². The molecule has 2 rings (SSSR count). The predicted molar refractivity (Wildman–Crippen MR) is 79.9 cm³/mol. The van der Waals surface area contributed by atoms with Gasteiger partial charge in [-0.3, -0.25) is 4.79 Å². The highest BCUT2D eigenvalue weighted by Gasteiger charge is 2.31. The molecule has 0 bridgehead atoms. The maximum absolute atomic E-state index is 12.4. The zero-order valence-electron chi connectivity index (χ0n) is 12.5. The van der Waals surface area contributed by atoms with Crippen LogP contribution in [0, 0.1) is 0 Å². The molecule has 1 fully saturated rings. The van der Waals surface area contributed by atoms with Crippen molar-refractivity contribution in [2.75, 3.05) is 46.0 Å². The standard InChI is InChI=1S/C12H21N5O3S/c1-14(2)21(19,20)17-6-4-16(5-7-17)12(18)11-8-10(13)9-15(11)3/h8-9H,4-7,13H2,1-3H3. The van der Waals surface area contributed by atoms with E-state index in [0.29, 0.717) is 37.6 Å². The molecule has 1 amide bonds. The van der Waals surface area contributed by atoms with E-state index in [-0.39, 0.29) is 5.91 Å². The maximum atomic E-state index is 12.4. The second kappa shape index (κ2) is 5.66. The predicted octanol–water partition coefficient (Wildman–Crippen LogP) is -0.828. The molecule has 21 heavy (non-hydrogen) atoms. The summed E-state index contributed by atoms with van der Waals surface area (Å²) in [5.41, 5.74) is 6.72. The van der Waals surface area contributed by atoms with Gasteiger partial charge in [0.25, 0.3) is 16.1 Å². The number of hydrogen-bond acceptors (Lipinski definition) is 4. The van der Waals surface area contributed by atoms with Crippen molar-refractivity contribution >= 4 is 21.8 Å². The van der Waals surface area contributed by atoms with Crippen LogP contribution in [0.25, 0.3) is 0 Å². The van der Waals surface area contributed by atoms with Crippen molar-refractivity contribution in [1.29, 1.82) is 0 Å². The van der Waals surface area contributed by atoms with Crippen LogP contribution in [0.1, 0.15) is 10.5 Å². The molecular formula is C12H21N5O3S. The van der Waals surface area contributed by atoms with E-state index in [1.165, 1.54) is 22.7 Å². The molecule has 1 aliphatic heterocycles. The number of nitrogen functional groups attached to an aromatic ring is 1. The molecule has 1 aliphatic rings. The second-order valence-electron chi connectivity index (χ2n) is 5.25. The van der Waals surface area contributed by atoms with Gasteiger partial charge >= 0.3 is 0 Å². The van der Waals surface area contributed by atoms with Gasteiger partial charge in [-0.05, 0) is 6.07 Å². The minimum Gasteiger partial charge on any atom is -0.397 e. The van der Waals surface area contributed by atoms with Gasteiger partial charge in [0, 0.05) is 53.5 Å². The Morgan fingerprint density at radius 2 is 1.81 bits per heavy atom. The summed E-state index contributed by atoms with van der Waals surface area (Å²) in [6.07, 6.45) is 1.68. The van der Waals surface area contributed by atoms with Crippen LogP contribution >= 0.6 is 0 Å². The minimum absolute atomic E-state index is 0.129. The Bertz CT molecular complexity index is 629. The molecule has 0 unspecified atom stereocenters. The van der Waals surface area contributed by atoms with E-state index < -0.39 is 10.2 Å². The van der Waals surface area contributed by atoms with E-state index in [2.05, 4.69) is 0 Å². The highest BCUT2D eigenvalue weighted by Crippen LogP contribution is 2.15. The van der Waals surface area contributed by atoms with Gasteiger partial charge in [0.1, 0.15) is 5.69 Å². The summed E-state index contributed by atoms with van der Waals surface area (Å²) in [6, 6.07) is 1.63. The fraction of sp³-hybridized carbons (Fsp3) is 0.583. The fourth-order valence-electron chi connectivity index (χ4n) is 2.32. The van der Waals surface area contributed by atoms with Crippen LogP contribution in [0.4, 0.5) is 5.69 Å². The first-order chi connectivity index (χ1) is 9.73. The van der Waals surface area contributed by atoms with Crippen molar-refractivity contribution in [2.45, 2.75) is 0 Å². The van der Waals surface area contributed by atoms with Gasteiger partial charge in [0.05, 0.1) is 5.69 Å². The second-order valence-corrected chi connectivity index (χ2v) is 7.39.